The van der Waals surface area contributed by atoms with Crippen LogP contribution in [-0.2, 0) is 11.3 Å². The van der Waals surface area contributed by atoms with Crippen LogP contribution in [0.4, 0.5) is 4.39 Å². The molecule has 0 aliphatic carbocycles. The van der Waals surface area contributed by atoms with Crippen LogP contribution in [-0.4, -0.2) is 23.9 Å². The molecular formula is C14H20BrFN2O. The van der Waals surface area contributed by atoms with Crippen LogP contribution in [0.1, 0.15) is 26.3 Å². The van der Waals surface area contributed by atoms with Gasteiger partial charge in [0.15, 0.2) is 0 Å². The minimum Gasteiger partial charge on any atom is -0.340 e. The molecule has 0 unspecified atom stereocenters. The Morgan fingerprint density at radius 1 is 1.47 bits per heavy atom. The minimum atomic E-state index is -0.604. The van der Waals surface area contributed by atoms with Gasteiger partial charge in [0.25, 0.3) is 0 Å². The molecule has 2 N–H and O–H groups in total. The maximum atomic E-state index is 13.6. The van der Waals surface area contributed by atoms with E-state index in [1.54, 1.807) is 19.2 Å². The summed E-state index contributed by atoms with van der Waals surface area (Å²) in [5.74, 6) is -0.515. The maximum absolute atomic E-state index is 13.6. The molecule has 3 nitrogen and oxygen atoms in total. The predicted octanol–water partition coefficient (Wildman–Crippen LogP) is 2.92. The first kappa shape index (κ1) is 16.1. The molecule has 0 fully saturated rings. The zero-order chi connectivity index (χ0) is 14.8. The molecule has 1 aromatic carbocycles. The Morgan fingerprint density at radius 3 is 2.58 bits per heavy atom. The first-order chi connectivity index (χ1) is 8.62. The lowest BCUT2D eigenvalue weighted by molar-refractivity contribution is -0.134. The second kappa shape index (κ2) is 6.01. The molecular weight excluding hydrogens is 311 g/mol. The number of halogens is 2. The lowest BCUT2D eigenvalue weighted by atomic mass is 9.86. The van der Waals surface area contributed by atoms with Crippen LogP contribution in [0, 0.1) is 11.2 Å². The van der Waals surface area contributed by atoms with Gasteiger partial charge in [-0.2, -0.15) is 0 Å². The van der Waals surface area contributed by atoms with Crippen LogP contribution in [0.3, 0.4) is 0 Å². The van der Waals surface area contributed by atoms with Gasteiger partial charge in [-0.15, -0.1) is 0 Å². The molecule has 106 valence electrons. The fourth-order valence-electron chi connectivity index (χ4n) is 1.61. The lowest BCUT2D eigenvalue weighted by Crippen LogP contribution is -2.49. The molecule has 0 aromatic heterocycles. The zero-order valence-corrected chi connectivity index (χ0v) is 13.3. The van der Waals surface area contributed by atoms with Crippen molar-refractivity contribution >= 4 is 21.8 Å². The fraction of sp³-hybridized carbons (Fsp3) is 0.500. The molecule has 1 rings (SSSR count). The molecule has 0 bridgehead atoms. The van der Waals surface area contributed by atoms with Gasteiger partial charge < -0.3 is 10.6 Å². The number of amides is 1. The molecule has 19 heavy (non-hydrogen) atoms. The van der Waals surface area contributed by atoms with Crippen molar-refractivity contribution in [1.29, 1.82) is 0 Å². The summed E-state index contributed by atoms with van der Waals surface area (Å²) in [4.78, 5) is 13.6. The molecule has 0 aliphatic heterocycles. The largest absolute Gasteiger partial charge is 0.340 e. The summed E-state index contributed by atoms with van der Waals surface area (Å²) in [5, 5.41) is 0. The van der Waals surface area contributed by atoms with Crippen molar-refractivity contribution < 1.29 is 9.18 Å². The van der Waals surface area contributed by atoms with Gasteiger partial charge in [-0.25, -0.2) is 4.39 Å². The predicted molar refractivity (Wildman–Crippen MR) is 78.0 cm³/mol. The molecule has 0 saturated heterocycles. The van der Waals surface area contributed by atoms with Crippen molar-refractivity contribution in [3.63, 3.8) is 0 Å². The lowest BCUT2D eigenvalue weighted by Gasteiger charge is -2.30. The SMILES string of the molecule is CN(Cc1cc(Br)ccc1F)C(=O)[C@@H](N)C(C)(C)C. The quantitative estimate of drug-likeness (QED) is 0.926. The Hall–Kier alpha value is -0.940. The van der Waals surface area contributed by atoms with Gasteiger partial charge in [0.05, 0.1) is 6.04 Å². The Kier molecular flexibility index (Phi) is 5.10. The Balaban J connectivity index is 2.82. The molecule has 5 heteroatoms. The van der Waals surface area contributed by atoms with E-state index in [0.717, 1.165) is 4.47 Å². The van der Waals surface area contributed by atoms with Gasteiger partial charge in [-0.05, 0) is 23.6 Å². The number of benzene rings is 1. The van der Waals surface area contributed by atoms with Gasteiger partial charge in [0.1, 0.15) is 5.82 Å². The third-order valence-corrected chi connectivity index (χ3v) is 3.48. The summed E-state index contributed by atoms with van der Waals surface area (Å²) in [6.07, 6.45) is 0. The van der Waals surface area contributed by atoms with Crippen molar-refractivity contribution in [2.45, 2.75) is 33.4 Å². The number of carbonyl (C=O) groups excluding carboxylic acids is 1. The van der Waals surface area contributed by atoms with Crippen molar-refractivity contribution in [1.82, 2.24) is 4.90 Å². The number of hydrogen-bond acceptors (Lipinski definition) is 2. The average molecular weight is 331 g/mol. The normalized spacial score (nSPS) is 13.2. The smallest absolute Gasteiger partial charge is 0.240 e. The van der Waals surface area contributed by atoms with Crippen LogP contribution in [0.25, 0.3) is 0 Å². The van der Waals surface area contributed by atoms with Crippen molar-refractivity contribution in [2.24, 2.45) is 11.1 Å². The highest BCUT2D eigenvalue weighted by Crippen LogP contribution is 2.21. The van der Waals surface area contributed by atoms with Crippen molar-refractivity contribution in [3.05, 3.63) is 34.1 Å². The van der Waals surface area contributed by atoms with E-state index >= 15 is 0 Å². The Labute approximate surface area is 122 Å². The van der Waals surface area contributed by atoms with E-state index in [-0.39, 0.29) is 23.7 Å². The molecule has 1 atom stereocenters. The minimum absolute atomic E-state index is 0.188. The van der Waals surface area contributed by atoms with Gasteiger partial charge in [0.2, 0.25) is 5.91 Å². The summed E-state index contributed by atoms with van der Waals surface area (Å²) in [6, 6.07) is 4.07. The van der Waals surface area contributed by atoms with E-state index in [9.17, 15) is 9.18 Å². The first-order valence-corrected chi connectivity index (χ1v) is 6.86. The number of nitrogens with two attached hydrogens (primary N) is 1. The van der Waals surface area contributed by atoms with Gasteiger partial charge in [0, 0.05) is 23.6 Å². The van der Waals surface area contributed by atoms with E-state index in [4.69, 9.17) is 5.73 Å². The number of rotatable bonds is 3. The molecule has 0 spiro atoms. The number of nitrogens with zero attached hydrogens (tertiary/aromatic N) is 1. The first-order valence-electron chi connectivity index (χ1n) is 6.07. The molecule has 0 heterocycles. The van der Waals surface area contributed by atoms with Gasteiger partial charge >= 0.3 is 0 Å². The summed E-state index contributed by atoms with van der Waals surface area (Å²) in [7, 11) is 1.63. The highest BCUT2D eigenvalue weighted by atomic mass is 79.9. The second-order valence-electron chi connectivity index (χ2n) is 5.77. The standard InChI is InChI=1S/C14H20BrFN2O/c1-14(2,3)12(17)13(19)18(4)8-9-7-10(15)5-6-11(9)16/h5-7,12H,8,17H2,1-4H3/t12-/m1/s1. The van der Waals surface area contributed by atoms with E-state index < -0.39 is 6.04 Å². The topological polar surface area (TPSA) is 46.3 Å². The Bertz CT molecular complexity index is 471. The molecule has 0 radical (unpaired) electrons. The molecule has 0 aliphatic rings. The third-order valence-electron chi connectivity index (χ3n) is 2.99. The molecule has 1 amide bonds. The zero-order valence-electron chi connectivity index (χ0n) is 11.7. The summed E-state index contributed by atoms with van der Waals surface area (Å²) >= 11 is 3.29. The van der Waals surface area contributed by atoms with Crippen LogP contribution in [0.15, 0.2) is 22.7 Å². The summed E-state index contributed by atoms with van der Waals surface area (Å²) < 4.78 is 14.4. The van der Waals surface area contributed by atoms with Crippen LogP contribution >= 0.6 is 15.9 Å². The monoisotopic (exact) mass is 330 g/mol. The average Bonchev–Trinajstić information content (AvgIpc) is 2.30. The Morgan fingerprint density at radius 2 is 2.05 bits per heavy atom. The fourth-order valence-corrected chi connectivity index (χ4v) is 2.01. The van der Waals surface area contributed by atoms with Crippen LogP contribution in [0.2, 0.25) is 0 Å². The van der Waals surface area contributed by atoms with Crippen molar-refractivity contribution in [3.8, 4) is 0 Å². The summed E-state index contributed by atoms with van der Waals surface area (Å²) in [6.45, 7) is 5.92. The molecule has 0 saturated carbocycles. The summed E-state index contributed by atoms with van der Waals surface area (Å²) in [5.41, 5.74) is 6.07. The number of carbonyl (C=O) groups is 1. The maximum Gasteiger partial charge on any atom is 0.240 e. The number of likely N-dealkylation sites (N-methyl/N-ethyl adjacent to an activating group) is 1. The van der Waals surface area contributed by atoms with E-state index in [0.29, 0.717) is 5.56 Å². The molecule has 1 aromatic rings. The van der Waals surface area contributed by atoms with E-state index in [1.165, 1.54) is 11.0 Å². The van der Waals surface area contributed by atoms with Crippen LogP contribution < -0.4 is 5.73 Å². The van der Waals surface area contributed by atoms with Crippen LogP contribution in [0.5, 0.6) is 0 Å². The van der Waals surface area contributed by atoms with E-state index in [2.05, 4.69) is 15.9 Å². The highest BCUT2D eigenvalue weighted by molar-refractivity contribution is 9.10. The highest BCUT2D eigenvalue weighted by Gasteiger charge is 2.29. The van der Waals surface area contributed by atoms with Crippen molar-refractivity contribution in [2.75, 3.05) is 7.05 Å². The van der Waals surface area contributed by atoms with E-state index in [1.807, 2.05) is 20.8 Å². The van der Waals surface area contributed by atoms with Gasteiger partial charge in [-0.3, -0.25) is 4.79 Å². The van der Waals surface area contributed by atoms with Gasteiger partial charge in [-0.1, -0.05) is 36.7 Å². The number of hydrogen-bond donors (Lipinski definition) is 1. The third kappa shape index (κ3) is 4.28. The second-order valence-corrected chi connectivity index (χ2v) is 6.69.